The van der Waals surface area contributed by atoms with Crippen molar-refractivity contribution in [2.45, 2.75) is 20.4 Å². The van der Waals surface area contributed by atoms with Gasteiger partial charge in [-0.05, 0) is 55.8 Å². The lowest BCUT2D eigenvalue weighted by atomic mass is 10.2. The number of nitrogens with one attached hydrogen (secondary N) is 2. The standard InChI is InChI=1S/C21H27N3O4/c1-4-22-20(25)15-28-19-12-8-17(9-13-19)23-21(26)24(3)14-16-6-10-18(11-7-16)27-5-2/h6-13H,4-5,14-15H2,1-3H3,(H,22,25)(H,23,26). The van der Waals surface area contributed by atoms with Gasteiger partial charge in [0, 0.05) is 25.8 Å². The molecule has 7 heteroatoms. The average Bonchev–Trinajstić information content (AvgIpc) is 2.69. The van der Waals surface area contributed by atoms with Crippen LogP contribution in [0.3, 0.4) is 0 Å². The van der Waals surface area contributed by atoms with Gasteiger partial charge in [0.15, 0.2) is 6.61 Å². The summed E-state index contributed by atoms with van der Waals surface area (Å²) < 4.78 is 10.8. The molecule has 0 aliphatic carbocycles. The summed E-state index contributed by atoms with van der Waals surface area (Å²) in [5.74, 6) is 1.20. The van der Waals surface area contributed by atoms with Crippen molar-refractivity contribution in [2.24, 2.45) is 0 Å². The molecular formula is C21H27N3O4. The molecule has 3 amide bonds. The number of hydrogen-bond donors (Lipinski definition) is 2. The summed E-state index contributed by atoms with van der Waals surface area (Å²) in [6, 6.07) is 14.3. The van der Waals surface area contributed by atoms with Gasteiger partial charge in [-0.3, -0.25) is 4.79 Å². The van der Waals surface area contributed by atoms with E-state index in [9.17, 15) is 9.59 Å². The third kappa shape index (κ3) is 6.83. The zero-order valence-electron chi connectivity index (χ0n) is 16.5. The molecule has 0 aliphatic rings. The Hall–Kier alpha value is -3.22. The zero-order chi connectivity index (χ0) is 20.4. The minimum atomic E-state index is -0.218. The lowest BCUT2D eigenvalue weighted by Crippen LogP contribution is -2.30. The van der Waals surface area contributed by atoms with Crippen LogP contribution in [0.5, 0.6) is 11.5 Å². The molecule has 0 atom stereocenters. The fraction of sp³-hybridized carbons (Fsp3) is 0.333. The Balaban J connectivity index is 1.83. The van der Waals surface area contributed by atoms with E-state index in [-0.39, 0.29) is 18.5 Å². The fourth-order valence-corrected chi connectivity index (χ4v) is 2.45. The number of likely N-dealkylation sites (N-methyl/N-ethyl adjacent to an activating group) is 1. The van der Waals surface area contributed by atoms with Gasteiger partial charge in [0.2, 0.25) is 0 Å². The van der Waals surface area contributed by atoms with Crippen LogP contribution >= 0.6 is 0 Å². The van der Waals surface area contributed by atoms with Gasteiger partial charge in [-0.25, -0.2) is 4.79 Å². The molecular weight excluding hydrogens is 358 g/mol. The van der Waals surface area contributed by atoms with E-state index in [1.807, 2.05) is 38.1 Å². The van der Waals surface area contributed by atoms with Gasteiger partial charge in [-0.15, -0.1) is 0 Å². The number of benzene rings is 2. The molecule has 0 radical (unpaired) electrons. The lowest BCUT2D eigenvalue weighted by Gasteiger charge is -2.18. The minimum Gasteiger partial charge on any atom is -0.494 e. The predicted molar refractivity (Wildman–Crippen MR) is 109 cm³/mol. The first-order chi connectivity index (χ1) is 13.5. The molecule has 2 aromatic rings. The second kappa shape index (κ2) is 10.8. The predicted octanol–water partition coefficient (Wildman–Crippen LogP) is 3.26. The highest BCUT2D eigenvalue weighted by Crippen LogP contribution is 2.17. The Kier molecular flexibility index (Phi) is 8.14. The van der Waals surface area contributed by atoms with Crippen LogP contribution in [0.1, 0.15) is 19.4 Å². The van der Waals surface area contributed by atoms with E-state index >= 15 is 0 Å². The van der Waals surface area contributed by atoms with Gasteiger partial charge >= 0.3 is 6.03 Å². The number of carbonyl (C=O) groups excluding carboxylic acids is 2. The first kappa shape index (κ1) is 21.1. The monoisotopic (exact) mass is 385 g/mol. The highest BCUT2D eigenvalue weighted by atomic mass is 16.5. The number of carbonyl (C=O) groups is 2. The maximum absolute atomic E-state index is 12.4. The highest BCUT2D eigenvalue weighted by Gasteiger charge is 2.10. The van der Waals surface area contributed by atoms with Gasteiger partial charge in [0.1, 0.15) is 11.5 Å². The summed E-state index contributed by atoms with van der Waals surface area (Å²) in [7, 11) is 1.73. The zero-order valence-corrected chi connectivity index (χ0v) is 16.5. The number of nitrogens with zero attached hydrogens (tertiary/aromatic N) is 1. The van der Waals surface area contributed by atoms with E-state index in [0.717, 1.165) is 11.3 Å². The molecule has 0 aromatic heterocycles. The van der Waals surface area contributed by atoms with E-state index in [1.54, 1.807) is 36.2 Å². The topological polar surface area (TPSA) is 79.9 Å². The maximum Gasteiger partial charge on any atom is 0.321 e. The van der Waals surface area contributed by atoms with E-state index in [0.29, 0.717) is 31.1 Å². The van der Waals surface area contributed by atoms with Gasteiger partial charge < -0.3 is 25.0 Å². The van der Waals surface area contributed by atoms with Crippen LogP contribution in [0.15, 0.2) is 48.5 Å². The molecule has 0 unspecified atom stereocenters. The molecule has 0 bridgehead atoms. The third-order valence-electron chi connectivity index (χ3n) is 3.85. The molecule has 0 spiro atoms. The third-order valence-corrected chi connectivity index (χ3v) is 3.85. The molecule has 0 aliphatic heterocycles. The SMILES string of the molecule is CCNC(=O)COc1ccc(NC(=O)N(C)Cc2ccc(OCC)cc2)cc1. The Morgan fingerprint density at radius 3 is 2.14 bits per heavy atom. The van der Waals surface area contributed by atoms with Crippen LogP contribution in [0.4, 0.5) is 10.5 Å². The lowest BCUT2D eigenvalue weighted by molar-refractivity contribution is -0.122. The largest absolute Gasteiger partial charge is 0.494 e. The first-order valence-electron chi connectivity index (χ1n) is 9.25. The number of ether oxygens (including phenoxy) is 2. The summed E-state index contributed by atoms with van der Waals surface area (Å²) in [5.41, 5.74) is 1.66. The Morgan fingerprint density at radius 1 is 0.929 bits per heavy atom. The van der Waals surface area contributed by atoms with Gasteiger partial charge in [-0.1, -0.05) is 12.1 Å². The van der Waals surface area contributed by atoms with Crippen LogP contribution in [0, 0.1) is 0 Å². The van der Waals surface area contributed by atoms with Gasteiger partial charge in [-0.2, -0.15) is 0 Å². The summed E-state index contributed by atoms with van der Waals surface area (Å²) in [6.07, 6.45) is 0. The molecule has 2 aromatic carbocycles. The molecule has 2 rings (SSSR count). The van der Waals surface area contributed by atoms with E-state index < -0.39 is 0 Å². The van der Waals surface area contributed by atoms with Crippen molar-refractivity contribution in [1.29, 1.82) is 0 Å². The highest BCUT2D eigenvalue weighted by molar-refractivity contribution is 5.89. The van der Waals surface area contributed by atoms with Crippen molar-refractivity contribution in [1.82, 2.24) is 10.2 Å². The van der Waals surface area contributed by atoms with Crippen LogP contribution < -0.4 is 20.1 Å². The van der Waals surface area contributed by atoms with Crippen molar-refractivity contribution in [3.05, 3.63) is 54.1 Å². The smallest absolute Gasteiger partial charge is 0.321 e. The minimum absolute atomic E-state index is 0.0373. The van der Waals surface area contributed by atoms with Crippen molar-refractivity contribution >= 4 is 17.6 Å². The molecule has 0 fully saturated rings. The number of anilines is 1. The van der Waals surface area contributed by atoms with Gasteiger partial charge in [0.25, 0.3) is 5.91 Å². The summed E-state index contributed by atoms with van der Waals surface area (Å²) in [4.78, 5) is 25.4. The second-order valence-corrected chi connectivity index (χ2v) is 6.13. The molecule has 0 heterocycles. The molecule has 150 valence electrons. The van der Waals surface area contributed by atoms with Crippen LogP contribution in [0.25, 0.3) is 0 Å². The molecule has 2 N–H and O–H groups in total. The van der Waals surface area contributed by atoms with Crippen molar-refractivity contribution < 1.29 is 19.1 Å². The molecule has 28 heavy (non-hydrogen) atoms. The Bertz CT molecular complexity index is 760. The van der Waals surface area contributed by atoms with Crippen molar-refractivity contribution in [3.8, 4) is 11.5 Å². The number of hydrogen-bond acceptors (Lipinski definition) is 4. The van der Waals surface area contributed by atoms with Crippen LogP contribution in [-0.4, -0.2) is 43.6 Å². The van der Waals surface area contributed by atoms with E-state index in [2.05, 4.69) is 10.6 Å². The average molecular weight is 385 g/mol. The number of amides is 3. The fourth-order valence-electron chi connectivity index (χ4n) is 2.45. The van der Waals surface area contributed by atoms with E-state index in [1.165, 1.54) is 0 Å². The second-order valence-electron chi connectivity index (χ2n) is 6.13. The van der Waals surface area contributed by atoms with Crippen LogP contribution in [0.2, 0.25) is 0 Å². The molecule has 0 saturated heterocycles. The Labute approximate surface area is 165 Å². The van der Waals surface area contributed by atoms with E-state index in [4.69, 9.17) is 9.47 Å². The quantitative estimate of drug-likeness (QED) is 0.694. The molecule has 7 nitrogen and oxygen atoms in total. The van der Waals surface area contributed by atoms with Crippen LogP contribution in [-0.2, 0) is 11.3 Å². The summed E-state index contributed by atoms with van der Waals surface area (Å²) >= 11 is 0. The van der Waals surface area contributed by atoms with Crippen molar-refractivity contribution in [3.63, 3.8) is 0 Å². The maximum atomic E-state index is 12.4. The van der Waals surface area contributed by atoms with Crippen molar-refractivity contribution in [2.75, 3.05) is 32.1 Å². The number of rotatable bonds is 9. The number of urea groups is 1. The molecule has 0 saturated carbocycles. The Morgan fingerprint density at radius 2 is 1.54 bits per heavy atom. The van der Waals surface area contributed by atoms with Gasteiger partial charge in [0.05, 0.1) is 6.61 Å². The summed E-state index contributed by atoms with van der Waals surface area (Å²) in [6.45, 7) is 5.42. The summed E-state index contributed by atoms with van der Waals surface area (Å²) in [5, 5.41) is 5.49. The normalized spacial score (nSPS) is 10.1. The first-order valence-corrected chi connectivity index (χ1v) is 9.25.